The Labute approximate surface area is 153 Å². The Morgan fingerprint density at radius 2 is 1.62 bits per heavy atom. The first-order valence-corrected chi connectivity index (χ1v) is 8.42. The first kappa shape index (κ1) is 19.3. The van der Waals surface area contributed by atoms with Gasteiger partial charge in [-0.2, -0.15) is 0 Å². The molecule has 0 aliphatic heterocycles. The molecule has 0 spiro atoms. The van der Waals surface area contributed by atoms with Gasteiger partial charge in [-0.15, -0.1) is 0 Å². The maximum Gasteiger partial charge on any atom is 0.337 e. The van der Waals surface area contributed by atoms with Crippen molar-refractivity contribution in [1.82, 2.24) is 5.32 Å². The van der Waals surface area contributed by atoms with Gasteiger partial charge in [-0.05, 0) is 48.7 Å². The molecule has 1 unspecified atom stereocenters. The number of para-hydroxylation sites is 1. The van der Waals surface area contributed by atoms with Crippen LogP contribution in [0.5, 0.6) is 5.75 Å². The Balaban J connectivity index is 1.92. The highest BCUT2D eigenvalue weighted by molar-refractivity contribution is 5.92. The molecule has 2 rings (SSSR count). The average Bonchev–Trinajstić information content (AvgIpc) is 2.61. The molecule has 2 aromatic carbocycles. The third-order valence-corrected chi connectivity index (χ3v) is 3.74. The van der Waals surface area contributed by atoms with E-state index in [0.717, 1.165) is 11.3 Å². The molecular formula is C20H24N2O4. The van der Waals surface area contributed by atoms with Crippen molar-refractivity contribution in [3.8, 4) is 5.75 Å². The number of anilines is 1. The minimum atomic E-state index is -0.510. The van der Waals surface area contributed by atoms with Gasteiger partial charge in [0.25, 0.3) is 0 Å². The number of hydrogen-bond acceptors (Lipinski definition) is 4. The Hall–Kier alpha value is -3.02. The molecule has 0 heterocycles. The molecule has 0 saturated heterocycles. The van der Waals surface area contributed by atoms with Gasteiger partial charge in [-0.1, -0.05) is 32.0 Å². The predicted molar refractivity (Wildman–Crippen MR) is 101 cm³/mol. The minimum absolute atomic E-state index is 0.320. The summed E-state index contributed by atoms with van der Waals surface area (Å²) in [5.41, 5.74) is 2.06. The highest BCUT2D eigenvalue weighted by Crippen LogP contribution is 2.26. The van der Waals surface area contributed by atoms with Crippen LogP contribution in [0, 0.1) is 0 Å². The van der Waals surface area contributed by atoms with E-state index < -0.39 is 18.2 Å². The Morgan fingerprint density at radius 3 is 2.23 bits per heavy atom. The molecule has 2 aromatic rings. The molecule has 0 radical (unpaired) electrons. The minimum Gasteiger partial charge on any atom is -0.471 e. The number of carbonyl (C=O) groups excluding carboxylic acids is 2. The summed E-state index contributed by atoms with van der Waals surface area (Å²) in [6, 6.07) is 13.8. The fourth-order valence-corrected chi connectivity index (χ4v) is 2.44. The molecule has 6 nitrogen and oxygen atoms in total. The summed E-state index contributed by atoms with van der Waals surface area (Å²) in [6.45, 7) is 5.94. The highest BCUT2D eigenvalue weighted by atomic mass is 16.5. The van der Waals surface area contributed by atoms with Gasteiger partial charge in [-0.25, -0.2) is 9.59 Å². The molecule has 2 N–H and O–H groups in total. The van der Waals surface area contributed by atoms with Crippen molar-refractivity contribution in [1.29, 1.82) is 0 Å². The lowest BCUT2D eigenvalue weighted by Gasteiger charge is -2.20. The van der Waals surface area contributed by atoms with Crippen molar-refractivity contribution in [2.24, 2.45) is 0 Å². The lowest BCUT2D eigenvalue weighted by atomic mass is 10.0. The number of urea groups is 1. The number of carbonyl (C=O) groups is 2. The summed E-state index contributed by atoms with van der Waals surface area (Å²) < 4.78 is 10.5. The maximum atomic E-state index is 12.1. The number of rotatable bonds is 6. The van der Waals surface area contributed by atoms with Crippen molar-refractivity contribution in [2.45, 2.75) is 32.9 Å². The lowest BCUT2D eigenvalue weighted by molar-refractivity contribution is 0.0600. The van der Waals surface area contributed by atoms with E-state index in [-0.39, 0.29) is 0 Å². The molecule has 0 fully saturated rings. The van der Waals surface area contributed by atoms with Gasteiger partial charge in [0, 0.05) is 5.69 Å². The zero-order chi connectivity index (χ0) is 19.1. The standard InChI is InChI=1S/C20H24N2O4/c1-13(2)17-7-5-6-8-18(17)26-14(3)21-20(24)22-16-11-9-15(10-12-16)19(23)25-4/h5-14H,1-4H3,(H2,21,22,24). The van der Waals surface area contributed by atoms with E-state index in [2.05, 4.69) is 29.2 Å². The van der Waals surface area contributed by atoms with Crippen LogP contribution in [-0.2, 0) is 4.74 Å². The van der Waals surface area contributed by atoms with E-state index in [1.54, 1.807) is 31.2 Å². The molecule has 0 aromatic heterocycles. The van der Waals surface area contributed by atoms with Crippen molar-refractivity contribution < 1.29 is 19.1 Å². The van der Waals surface area contributed by atoms with Crippen LogP contribution in [0.2, 0.25) is 0 Å². The van der Waals surface area contributed by atoms with Gasteiger partial charge in [0.15, 0.2) is 6.23 Å². The average molecular weight is 356 g/mol. The molecule has 26 heavy (non-hydrogen) atoms. The quantitative estimate of drug-likeness (QED) is 0.602. The van der Waals surface area contributed by atoms with Crippen LogP contribution in [0.3, 0.4) is 0 Å². The van der Waals surface area contributed by atoms with Crippen LogP contribution in [0.15, 0.2) is 48.5 Å². The number of benzene rings is 2. The number of esters is 1. The number of amides is 2. The number of ether oxygens (including phenoxy) is 2. The van der Waals surface area contributed by atoms with Crippen LogP contribution in [0.25, 0.3) is 0 Å². The molecular weight excluding hydrogens is 332 g/mol. The first-order chi connectivity index (χ1) is 12.4. The van der Waals surface area contributed by atoms with E-state index in [0.29, 0.717) is 17.2 Å². The van der Waals surface area contributed by atoms with Crippen LogP contribution < -0.4 is 15.4 Å². The van der Waals surface area contributed by atoms with E-state index in [1.165, 1.54) is 7.11 Å². The number of nitrogens with one attached hydrogen (secondary N) is 2. The molecule has 0 bridgehead atoms. The van der Waals surface area contributed by atoms with Gasteiger partial charge in [0.2, 0.25) is 0 Å². The zero-order valence-corrected chi connectivity index (χ0v) is 15.4. The first-order valence-electron chi connectivity index (χ1n) is 8.42. The van der Waals surface area contributed by atoms with E-state index in [4.69, 9.17) is 4.74 Å². The Kier molecular flexibility index (Phi) is 6.60. The third kappa shape index (κ3) is 5.24. The summed E-state index contributed by atoms with van der Waals surface area (Å²) in [7, 11) is 1.32. The summed E-state index contributed by atoms with van der Waals surface area (Å²) in [5, 5.41) is 5.43. The van der Waals surface area contributed by atoms with Crippen molar-refractivity contribution in [3.63, 3.8) is 0 Å². The lowest BCUT2D eigenvalue weighted by Crippen LogP contribution is -2.39. The second kappa shape index (κ2) is 8.89. The van der Waals surface area contributed by atoms with E-state index in [1.807, 2.05) is 24.3 Å². The van der Waals surface area contributed by atoms with Crippen molar-refractivity contribution in [3.05, 3.63) is 59.7 Å². The predicted octanol–water partition coefficient (Wildman–Crippen LogP) is 4.14. The van der Waals surface area contributed by atoms with Crippen LogP contribution in [0.1, 0.15) is 42.6 Å². The molecule has 1 atom stereocenters. The summed E-state index contributed by atoms with van der Waals surface area (Å²) >= 11 is 0. The van der Waals surface area contributed by atoms with Gasteiger partial charge < -0.3 is 20.1 Å². The molecule has 0 saturated carbocycles. The monoisotopic (exact) mass is 356 g/mol. The molecule has 138 valence electrons. The zero-order valence-electron chi connectivity index (χ0n) is 15.4. The SMILES string of the molecule is COC(=O)c1ccc(NC(=O)NC(C)Oc2ccccc2C(C)C)cc1. The van der Waals surface area contributed by atoms with Crippen LogP contribution >= 0.6 is 0 Å². The molecule has 2 amide bonds. The fourth-order valence-electron chi connectivity index (χ4n) is 2.44. The second-order valence-corrected chi connectivity index (χ2v) is 6.12. The smallest absolute Gasteiger partial charge is 0.337 e. The highest BCUT2D eigenvalue weighted by Gasteiger charge is 2.13. The number of methoxy groups -OCH3 is 1. The summed E-state index contributed by atoms with van der Waals surface area (Å²) in [6.07, 6.45) is -0.510. The van der Waals surface area contributed by atoms with Gasteiger partial charge in [0.1, 0.15) is 5.75 Å². The Bertz CT molecular complexity index is 757. The summed E-state index contributed by atoms with van der Waals surface area (Å²) in [5.74, 6) is 0.644. The van der Waals surface area contributed by atoms with Gasteiger partial charge in [0.05, 0.1) is 12.7 Å². The maximum absolute atomic E-state index is 12.1. The third-order valence-electron chi connectivity index (χ3n) is 3.74. The second-order valence-electron chi connectivity index (χ2n) is 6.12. The van der Waals surface area contributed by atoms with Crippen molar-refractivity contribution in [2.75, 3.05) is 12.4 Å². The van der Waals surface area contributed by atoms with Crippen LogP contribution in [0.4, 0.5) is 10.5 Å². The van der Waals surface area contributed by atoms with E-state index >= 15 is 0 Å². The summed E-state index contributed by atoms with van der Waals surface area (Å²) in [4.78, 5) is 23.5. The topological polar surface area (TPSA) is 76.7 Å². The molecule has 0 aliphatic rings. The van der Waals surface area contributed by atoms with Gasteiger partial charge >= 0.3 is 12.0 Å². The van der Waals surface area contributed by atoms with Crippen LogP contribution in [-0.4, -0.2) is 25.3 Å². The van der Waals surface area contributed by atoms with Crippen molar-refractivity contribution >= 4 is 17.7 Å². The Morgan fingerprint density at radius 1 is 0.962 bits per heavy atom. The normalized spacial score (nSPS) is 11.6. The fraction of sp³-hybridized carbons (Fsp3) is 0.300. The van der Waals surface area contributed by atoms with Gasteiger partial charge in [-0.3, -0.25) is 0 Å². The largest absolute Gasteiger partial charge is 0.471 e. The molecule has 6 heteroatoms. The number of hydrogen-bond donors (Lipinski definition) is 2. The van der Waals surface area contributed by atoms with E-state index in [9.17, 15) is 9.59 Å². The molecule has 0 aliphatic carbocycles.